The van der Waals surface area contributed by atoms with Gasteiger partial charge in [-0.15, -0.1) is 0 Å². The molecule has 3 fully saturated rings. The van der Waals surface area contributed by atoms with Crippen LogP contribution in [0.15, 0.2) is 48.6 Å². The number of nitrogens with two attached hydrogens (primary N) is 2. The molecule has 0 spiro atoms. The number of hydrogen-bond donors (Lipinski definition) is 3. The lowest BCUT2D eigenvalue weighted by Crippen LogP contribution is -2.55. The number of likely N-dealkylation sites (N-methyl/N-ethyl adjacent to an activating group) is 2. The number of hydrogen-bond acceptors (Lipinski definition) is 8. The summed E-state index contributed by atoms with van der Waals surface area (Å²) in [6, 6.07) is 4.24. The van der Waals surface area contributed by atoms with Gasteiger partial charge in [-0.3, -0.25) is 24.2 Å². The first-order valence-electron chi connectivity index (χ1n) is 19.8. The Kier molecular flexibility index (Phi) is 18.7. The Morgan fingerprint density at radius 1 is 1.04 bits per heavy atom. The molecule has 2 heterocycles. The van der Waals surface area contributed by atoms with Gasteiger partial charge in [-0.1, -0.05) is 64.0 Å². The number of halogens is 1. The number of nitrogens with zero attached hydrogens (tertiary/aromatic N) is 5. The van der Waals surface area contributed by atoms with Crippen LogP contribution in [0.4, 0.5) is 4.39 Å². The van der Waals surface area contributed by atoms with Crippen LogP contribution >= 0.6 is 0 Å². The molecule has 3 aliphatic rings. The van der Waals surface area contributed by atoms with Crippen LogP contribution < -0.4 is 11.5 Å². The van der Waals surface area contributed by atoms with Crippen molar-refractivity contribution in [2.75, 3.05) is 86.1 Å². The van der Waals surface area contributed by atoms with E-state index >= 15 is 0 Å². The van der Waals surface area contributed by atoms with Crippen molar-refractivity contribution < 1.29 is 18.8 Å². The van der Waals surface area contributed by atoms with Gasteiger partial charge in [0.1, 0.15) is 5.82 Å². The Hall–Kier alpha value is -3.71. The molecule has 3 amide bonds. The van der Waals surface area contributed by atoms with Crippen molar-refractivity contribution in [3.05, 3.63) is 65.5 Å². The van der Waals surface area contributed by atoms with Crippen LogP contribution in [0.3, 0.4) is 0 Å². The van der Waals surface area contributed by atoms with Gasteiger partial charge in [0.15, 0.2) is 0 Å². The number of amides is 3. The van der Waals surface area contributed by atoms with Gasteiger partial charge in [-0.2, -0.15) is 0 Å². The summed E-state index contributed by atoms with van der Waals surface area (Å²) in [4.78, 5) is 47.6. The average Bonchev–Trinajstić information content (AvgIpc) is 3.17. The standard InChI is InChI=1S/C26H50N6O2.C16H17FN2O/c1-4-22(10-11-29(3)21-24(33)31-16-12-28(2)13-17-31)20-30-14-18-32(19-15-30)26(34)25(27)23-8-6-5-7-9-23;1-4-12-8-11(6-7-14(12)17)9-15(18)13(5-2)10(3)16(19)20/h22-23,25H,4-21,27H2,1-3H3;4-8,18H,1,3,9H2,2H3,(H2,19,20)/b;13-5+,18-15?. The van der Waals surface area contributed by atoms with Crippen LogP contribution in [-0.2, 0) is 20.8 Å². The topological polar surface area (TPSA) is 143 Å². The molecule has 0 bridgehead atoms. The summed E-state index contributed by atoms with van der Waals surface area (Å²) in [6.45, 7) is 20.8. The van der Waals surface area contributed by atoms with Crippen molar-refractivity contribution >= 4 is 29.5 Å². The first-order valence-corrected chi connectivity index (χ1v) is 19.8. The molecule has 54 heavy (non-hydrogen) atoms. The quantitative estimate of drug-likeness (QED) is 0.131. The van der Waals surface area contributed by atoms with E-state index in [4.69, 9.17) is 16.9 Å². The highest BCUT2D eigenvalue weighted by molar-refractivity contribution is 6.12. The third-order valence-electron chi connectivity index (χ3n) is 11.3. The number of carbonyl (C=O) groups excluding carboxylic acids is 3. The summed E-state index contributed by atoms with van der Waals surface area (Å²) in [5, 5.41) is 8.03. The summed E-state index contributed by atoms with van der Waals surface area (Å²) >= 11 is 0. The lowest BCUT2D eigenvalue weighted by molar-refractivity contribution is -0.136. The minimum atomic E-state index is -0.659. The Morgan fingerprint density at radius 3 is 2.24 bits per heavy atom. The van der Waals surface area contributed by atoms with E-state index in [0.29, 0.717) is 29.5 Å². The monoisotopic (exact) mass is 751 g/mol. The van der Waals surface area contributed by atoms with Crippen LogP contribution in [0.25, 0.3) is 6.08 Å². The summed E-state index contributed by atoms with van der Waals surface area (Å²) in [5.74, 6) is 0.412. The van der Waals surface area contributed by atoms with Crippen LogP contribution in [0.2, 0.25) is 0 Å². The predicted octanol–water partition coefficient (Wildman–Crippen LogP) is 4.18. The van der Waals surface area contributed by atoms with E-state index in [-0.39, 0.29) is 41.4 Å². The van der Waals surface area contributed by atoms with Crippen LogP contribution in [-0.4, -0.2) is 140 Å². The third kappa shape index (κ3) is 13.9. The van der Waals surface area contributed by atoms with E-state index < -0.39 is 5.91 Å². The molecule has 1 aliphatic carbocycles. The van der Waals surface area contributed by atoms with Crippen molar-refractivity contribution in [2.45, 2.75) is 71.3 Å². The Balaban J connectivity index is 0.000000334. The van der Waals surface area contributed by atoms with E-state index in [1.807, 2.05) is 9.80 Å². The maximum Gasteiger partial charge on any atom is 0.248 e. The van der Waals surface area contributed by atoms with Crippen molar-refractivity contribution in [3.63, 3.8) is 0 Å². The number of nitrogens with one attached hydrogen (secondary N) is 1. The number of primary amides is 1. The van der Waals surface area contributed by atoms with E-state index in [1.165, 1.54) is 31.4 Å². The van der Waals surface area contributed by atoms with E-state index in [0.717, 1.165) is 96.7 Å². The van der Waals surface area contributed by atoms with Gasteiger partial charge in [-0.25, -0.2) is 4.39 Å². The second kappa shape index (κ2) is 22.6. The fourth-order valence-electron chi connectivity index (χ4n) is 7.54. The number of carbonyl (C=O) groups is 3. The molecule has 11 nitrogen and oxygen atoms in total. The molecule has 12 heteroatoms. The SMILES string of the molecule is C=Cc1cc(CC(=N)/C(=C/C)C(=C)C(N)=O)ccc1F.CCC(CCN(C)CC(=O)N1CCN(C)CC1)CN1CCN(C(=O)C(N)C2CCCCC2)CC1. The number of rotatable bonds is 16. The largest absolute Gasteiger partial charge is 0.366 e. The van der Waals surface area contributed by atoms with E-state index in [2.05, 4.69) is 48.9 Å². The molecule has 1 aromatic carbocycles. The van der Waals surface area contributed by atoms with E-state index in [9.17, 15) is 18.8 Å². The minimum Gasteiger partial charge on any atom is -0.366 e. The summed E-state index contributed by atoms with van der Waals surface area (Å²) in [7, 11) is 4.18. The van der Waals surface area contributed by atoms with Crippen molar-refractivity contribution in [1.82, 2.24) is 24.5 Å². The van der Waals surface area contributed by atoms with Gasteiger partial charge >= 0.3 is 0 Å². The molecule has 0 aromatic heterocycles. The van der Waals surface area contributed by atoms with Crippen LogP contribution in [0, 0.1) is 23.1 Å². The molecule has 0 radical (unpaired) electrons. The highest BCUT2D eigenvalue weighted by Crippen LogP contribution is 2.27. The van der Waals surface area contributed by atoms with Crippen molar-refractivity contribution in [3.8, 4) is 0 Å². The fraction of sp³-hybridized carbons (Fsp3) is 0.619. The van der Waals surface area contributed by atoms with Gasteiger partial charge in [0.05, 0.1) is 12.6 Å². The molecule has 2 saturated heterocycles. The Bertz CT molecular complexity index is 1460. The van der Waals surface area contributed by atoms with Gasteiger partial charge in [-0.05, 0) is 76.4 Å². The number of allylic oxidation sites excluding steroid dienone is 1. The van der Waals surface area contributed by atoms with Gasteiger partial charge in [0, 0.05) is 87.7 Å². The predicted molar refractivity (Wildman–Crippen MR) is 218 cm³/mol. The van der Waals surface area contributed by atoms with Crippen molar-refractivity contribution in [2.24, 2.45) is 23.3 Å². The van der Waals surface area contributed by atoms with Crippen LogP contribution in [0.1, 0.15) is 69.9 Å². The fourth-order valence-corrected chi connectivity index (χ4v) is 7.54. The molecule has 1 saturated carbocycles. The first kappa shape index (κ1) is 44.7. The first-order chi connectivity index (χ1) is 25.8. The average molecular weight is 751 g/mol. The zero-order chi connectivity index (χ0) is 39.8. The second-order valence-electron chi connectivity index (χ2n) is 15.3. The summed E-state index contributed by atoms with van der Waals surface area (Å²) in [6.07, 6.45) is 11.5. The van der Waals surface area contributed by atoms with Gasteiger partial charge < -0.3 is 31.6 Å². The molecule has 2 unspecified atom stereocenters. The second-order valence-corrected chi connectivity index (χ2v) is 15.3. The minimum absolute atomic E-state index is 0.101. The number of piperazine rings is 2. The third-order valence-corrected chi connectivity index (χ3v) is 11.3. The zero-order valence-corrected chi connectivity index (χ0v) is 33.5. The van der Waals surface area contributed by atoms with Crippen LogP contribution in [0.5, 0.6) is 0 Å². The number of benzene rings is 1. The normalized spacial score (nSPS) is 18.8. The molecule has 2 aliphatic heterocycles. The molecule has 5 N–H and O–H groups in total. The van der Waals surface area contributed by atoms with E-state index in [1.54, 1.807) is 25.1 Å². The smallest absolute Gasteiger partial charge is 0.248 e. The highest BCUT2D eigenvalue weighted by Gasteiger charge is 2.31. The molecule has 2 atom stereocenters. The zero-order valence-electron chi connectivity index (χ0n) is 33.5. The van der Waals surface area contributed by atoms with Gasteiger partial charge in [0.25, 0.3) is 0 Å². The maximum absolute atomic E-state index is 13.4. The molecular formula is C42H67FN8O3. The highest BCUT2D eigenvalue weighted by atomic mass is 19.1. The molecule has 1 aromatic rings. The Morgan fingerprint density at radius 2 is 1.67 bits per heavy atom. The maximum atomic E-state index is 13.4. The molecule has 300 valence electrons. The molecular weight excluding hydrogens is 684 g/mol. The summed E-state index contributed by atoms with van der Waals surface area (Å²) in [5.41, 5.74) is 13.4. The lowest BCUT2D eigenvalue weighted by atomic mass is 9.83. The van der Waals surface area contributed by atoms with Gasteiger partial charge in [0.2, 0.25) is 17.7 Å². The summed E-state index contributed by atoms with van der Waals surface area (Å²) < 4.78 is 13.4. The lowest BCUT2D eigenvalue weighted by Gasteiger charge is -2.39. The molecule has 4 rings (SSSR count). The van der Waals surface area contributed by atoms with Crippen molar-refractivity contribution in [1.29, 1.82) is 5.41 Å². The Labute approximate surface area is 323 Å².